The predicted octanol–water partition coefficient (Wildman–Crippen LogP) is 3.55. The summed E-state index contributed by atoms with van der Waals surface area (Å²) in [5.41, 5.74) is 1.82. The first kappa shape index (κ1) is 18.2. The molecule has 0 spiro atoms. The zero-order chi connectivity index (χ0) is 17.2. The highest BCUT2D eigenvalue weighted by Crippen LogP contribution is 2.24. The molecule has 0 aromatic carbocycles. The van der Waals surface area contributed by atoms with Gasteiger partial charge in [0.05, 0.1) is 12.3 Å². The summed E-state index contributed by atoms with van der Waals surface area (Å²) in [6.07, 6.45) is 2.29. The van der Waals surface area contributed by atoms with Crippen LogP contribution in [0.1, 0.15) is 52.6 Å². The Labute approximate surface area is 143 Å². The monoisotopic (exact) mass is 338 g/mol. The van der Waals surface area contributed by atoms with Crippen LogP contribution in [0.25, 0.3) is 11.0 Å². The van der Waals surface area contributed by atoms with Crippen molar-refractivity contribution in [3.8, 4) is 0 Å². The third-order valence-electron chi connectivity index (χ3n) is 3.85. The first-order valence-electron chi connectivity index (χ1n) is 8.11. The van der Waals surface area contributed by atoms with E-state index in [2.05, 4.69) is 43.1 Å². The van der Waals surface area contributed by atoms with Crippen LogP contribution >= 0.6 is 11.6 Å². The molecule has 6 heteroatoms. The maximum Gasteiger partial charge on any atom is 0.159 e. The van der Waals surface area contributed by atoms with E-state index in [9.17, 15) is 5.11 Å². The molecule has 0 aliphatic heterocycles. The Balaban J connectivity index is 2.08. The van der Waals surface area contributed by atoms with Gasteiger partial charge in [-0.1, -0.05) is 25.4 Å². The SMILES string of the molecule is CC(O)CC(C)(C)CNCc1cc2cnn(C(C)C)c2nc1Cl. The van der Waals surface area contributed by atoms with Crippen molar-refractivity contribution in [3.63, 3.8) is 0 Å². The largest absolute Gasteiger partial charge is 0.393 e. The van der Waals surface area contributed by atoms with Crippen molar-refractivity contribution < 1.29 is 5.11 Å². The lowest BCUT2D eigenvalue weighted by Gasteiger charge is -2.26. The third kappa shape index (κ3) is 4.66. The predicted molar refractivity (Wildman–Crippen MR) is 94.7 cm³/mol. The molecular formula is C17H27ClN4O. The van der Waals surface area contributed by atoms with E-state index in [1.54, 1.807) is 0 Å². The molecule has 0 bridgehead atoms. The molecule has 2 aromatic rings. The Hall–Kier alpha value is -1.17. The number of hydrogen-bond donors (Lipinski definition) is 2. The van der Waals surface area contributed by atoms with E-state index in [0.29, 0.717) is 11.7 Å². The fraction of sp³-hybridized carbons (Fsp3) is 0.647. The Morgan fingerprint density at radius 2 is 2.04 bits per heavy atom. The molecule has 0 radical (unpaired) electrons. The van der Waals surface area contributed by atoms with Crippen molar-refractivity contribution in [2.24, 2.45) is 5.41 Å². The molecule has 0 saturated heterocycles. The van der Waals surface area contributed by atoms with Crippen LogP contribution in [0.5, 0.6) is 0 Å². The summed E-state index contributed by atoms with van der Waals surface area (Å²) in [7, 11) is 0. The van der Waals surface area contributed by atoms with Gasteiger partial charge in [-0.15, -0.1) is 0 Å². The van der Waals surface area contributed by atoms with Gasteiger partial charge in [0, 0.05) is 30.1 Å². The van der Waals surface area contributed by atoms with Gasteiger partial charge in [-0.25, -0.2) is 9.67 Å². The Morgan fingerprint density at radius 1 is 1.35 bits per heavy atom. The second-order valence-electron chi connectivity index (χ2n) is 7.35. The van der Waals surface area contributed by atoms with Crippen LogP contribution in [0.3, 0.4) is 0 Å². The lowest BCUT2D eigenvalue weighted by atomic mass is 9.87. The van der Waals surface area contributed by atoms with E-state index in [-0.39, 0.29) is 17.6 Å². The van der Waals surface area contributed by atoms with E-state index in [4.69, 9.17) is 11.6 Å². The Bertz CT molecular complexity index is 664. The molecule has 2 aromatic heterocycles. The van der Waals surface area contributed by atoms with Crippen molar-refractivity contribution in [2.45, 2.75) is 59.7 Å². The number of fused-ring (bicyclic) bond motifs is 1. The van der Waals surface area contributed by atoms with E-state index in [1.807, 2.05) is 23.9 Å². The van der Waals surface area contributed by atoms with Crippen LogP contribution < -0.4 is 5.32 Å². The smallest absolute Gasteiger partial charge is 0.159 e. The molecule has 1 unspecified atom stereocenters. The molecule has 5 nitrogen and oxygen atoms in total. The Morgan fingerprint density at radius 3 is 2.65 bits per heavy atom. The summed E-state index contributed by atoms with van der Waals surface area (Å²) in [4.78, 5) is 4.51. The van der Waals surface area contributed by atoms with Crippen LogP contribution in [-0.4, -0.2) is 32.5 Å². The summed E-state index contributed by atoms with van der Waals surface area (Å²) >= 11 is 6.34. The average molecular weight is 339 g/mol. The number of rotatable bonds is 7. The maximum atomic E-state index is 9.55. The minimum Gasteiger partial charge on any atom is -0.393 e. The molecule has 0 aliphatic rings. The van der Waals surface area contributed by atoms with Gasteiger partial charge in [0.2, 0.25) is 0 Å². The van der Waals surface area contributed by atoms with Crippen molar-refractivity contribution in [1.82, 2.24) is 20.1 Å². The second kappa shape index (κ2) is 7.16. The lowest BCUT2D eigenvalue weighted by molar-refractivity contribution is 0.128. The molecular weight excluding hydrogens is 312 g/mol. The highest BCUT2D eigenvalue weighted by molar-refractivity contribution is 6.30. The third-order valence-corrected chi connectivity index (χ3v) is 4.18. The second-order valence-corrected chi connectivity index (χ2v) is 7.71. The molecule has 2 N–H and O–H groups in total. The van der Waals surface area contributed by atoms with Gasteiger partial charge >= 0.3 is 0 Å². The van der Waals surface area contributed by atoms with Crippen LogP contribution in [0, 0.1) is 5.41 Å². The fourth-order valence-corrected chi connectivity index (χ4v) is 3.11. The molecule has 2 rings (SSSR count). The van der Waals surface area contributed by atoms with E-state index < -0.39 is 0 Å². The van der Waals surface area contributed by atoms with Gasteiger partial charge < -0.3 is 10.4 Å². The zero-order valence-electron chi connectivity index (χ0n) is 14.6. The van der Waals surface area contributed by atoms with Crippen molar-refractivity contribution in [1.29, 1.82) is 0 Å². The van der Waals surface area contributed by atoms with Crippen molar-refractivity contribution in [2.75, 3.05) is 6.54 Å². The van der Waals surface area contributed by atoms with Crippen molar-refractivity contribution in [3.05, 3.63) is 23.0 Å². The van der Waals surface area contributed by atoms with E-state index >= 15 is 0 Å². The zero-order valence-corrected chi connectivity index (χ0v) is 15.4. The van der Waals surface area contributed by atoms with Gasteiger partial charge in [0.1, 0.15) is 5.15 Å². The van der Waals surface area contributed by atoms with Gasteiger partial charge in [-0.3, -0.25) is 0 Å². The number of aliphatic hydroxyl groups excluding tert-OH is 1. The van der Waals surface area contributed by atoms with Gasteiger partial charge in [-0.2, -0.15) is 5.10 Å². The van der Waals surface area contributed by atoms with Crippen LogP contribution in [0.15, 0.2) is 12.3 Å². The molecule has 0 aliphatic carbocycles. The number of pyridine rings is 1. The minimum absolute atomic E-state index is 0.0285. The van der Waals surface area contributed by atoms with Gasteiger partial charge in [-0.05, 0) is 38.7 Å². The highest BCUT2D eigenvalue weighted by Gasteiger charge is 2.20. The van der Waals surface area contributed by atoms with Crippen LogP contribution in [0.2, 0.25) is 5.15 Å². The molecule has 2 heterocycles. The van der Waals surface area contributed by atoms with Crippen LogP contribution in [0.4, 0.5) is 0 Å². The lowest BCUT2D eigenvalue weighted by Crippen LogP contribution is -2.31. The molecule has 0 saturated carbocycles. The molecule has 1 atom stereocenters. The molecule has 0 fully saturated rings. The topological polar surface area (TPSA) is 63.0 Å². The number of nitrogens with zero attached hydrogens (tertiary/aromatic N) is 3. The summed E-state index contributed by atoms with van der Waals surface area (Å²) in [6, 6.07) is 2.30. The number of aliphatic hydroxyl groups is 1. The maximum absolute atomic E-state index is 9.55. The quantitative estimate of drug-likeness (QED) is 0.758. The molecule has 128 valence electrons. The number of aromatic nitrogens is 3. The van der Waals surface area contributed by atoms with E-state index in [0.717, 1.165) is 29.6 Å². The highest BCUT2D eigenvalue weighted by atomic mass is 35.5. The number of nitrogens with one attached hydrogen (secondary N) is 1. The first-order chi connectivity index (χ1) is 10.7. The normalized spacial score (nSPS) is 13.9. The van der Waals surface area contributed by atoms with Crippen LogP contribution in [-0.2, 0) is 6.54 Å². The van der Waals surface area contributed by atoms with Gasteiger partial charge in [0.25, 0.3) is 0 Å². The standard InChI is InChI=1S/C17H27ClN4O/c1-11(2)22-16-14(9-20-22)6-13(15(18)21-16)8-19-10-17(4,5)7-12(3)23/h6,9,11-12,19,23H,7-8,10H2,1-5H3. The molecule has 23 heavy (non-hydrogen) atoms. The summed E-state index contributed by atoms with van der Waals surface area (Å²) in [6.45, 7) is 11.7. The first-order valence-corrected chi connectivity index (χ1v) is 8.49. The number of halogens is 1. The molecule has 0 amide bonds. The Kier molecular flexibility index (Phi) is 5.65. The summed E-state index contributed by atoms with van der Waals surface area (Å²) in [5, 5.41) is 18.9. The summed E-state index contributed by atoms with van der Waals surface area (Å²) in [5.74, 6) is 0. The number of hydrogen-bond acceptors (Lipinski definition) is 4. The van der Waals surface area contributed by atoms with Gasteiger partial charge in [0.15, 0.2) is 5.65 Å². The summed E-state index contributed by atoms with van der Waals surface area (Å²) < 4.78 is 1.88. The van der Waals surface area contributed by atoms with E-state index in [1.165, 1.54) is 0 Å². The van der Waals surface area contributed by atoms with Crippen molar-refractivity contribution >= 4 is 22.6 Å². The fourth-order valence-electron chi connectivity index (χ4n) is 2.91. The minimum atomic E-state index is -0.296. The average Bonchev–Trinajstić information content (AvgIpc) is 2.79.